The summed E-state index contributed by atoms with van der Waals surface area (Å²) >= 11 is 0. The molecule has 2 aliphatic rings. The Labute approximate surface area is 559 Å². The number of carbonyl (C=O) groups is 1. The Balaban J connectivity index is 1.59. The molecule has 14 heteroatoms. The van der Waals surface area contributed by atoms with Crippen LogP contribution < -0.4 is 5.32 Å². The summed E-state index contributed by atoms with van der Waals surface area (Å²) in [4.78, 5) is 13.4. The van der Waals surface area contributed by atoms with Crippen LogP contribution in [-0.4, -0.2) is 140 Å². The molecule has 0 bridgehead atoms. The maximum absolute atomic E-state index is 13.4. The number of rotatable bonds is 60. The second-order valence-corrected chi connectivity index (χ2v) is 25.7. The van der Waals surface area contributed by atoms with Gasteiger partial charge in [0.2, 0.25) is 5.91 Å². The molecule has 14 nitrogen and oxygen atoms in total. The van der Waals surface area contributed by atoms with Gasteiger partial charge in [-0.2, -0.15) is 0 Å². The topological polar surface area (TPSA) is 228 Å². The third kappa shape index (κ3) is 44.4. The minimum atomic E-state index is -1.79. The van der Waals surface area contributed by atoms with E-state index in [-0.39, 0.29) is 12.5 Å². The number of hydrogen-bond donors (Lipinski definition) is 9. The fourth-order valence-electron chi connectivity index (χ4n) is 11.6. The third-order valence-electron chi connectivity index (χ3n) is 17.5. The van der Waals surface area contributed by atoms with Crippen LogP contribution >= 0.6 is 0 Å². The summed E-state index contributed by atoms with van der Waals surface area (Å²) in [6.07, 6.45) is 71.1. The van der Waals surface area contributed by atoms with Crippen molar-refractivity contribution in [3.63, 3.8) is 0 Å². The van der Waals surface area contributed by atoms with Crippen molar-refractivity contribution >= 4 is 5.91 Å². The standard InChI is InChI=1S/C78H135NO13/c1-3-5-7-9-11-13-15-17-19-21-22-23-24-25-26-27-28-29-30-31-32-33-34-35-36-37-38-39-40-41-42-43-44-46-48-50-52-54-56-58-60-62-70(83)79-66(67(82)61-59-57-55-53-51-49-47-45-20-18-16-14-12-10-8-6-4-2)65-89-77-75(88)73(86)76(69(64-81)91-77)92-78-74(87)72(85)71(84)68(63-80)90-78/h5,7,11,13,17,19,22-23,25-26,28-29,31-32,34-35,37-38,66-69,71-78,80-82,84-88H,3-4,6,8-10,12,14-16,18,20-21,24,27,30,33,36,39-65H2,1-2H3,(H,79,83)/b7-5-,13-11-,19-17-,23-22-,26-25-,29-28-,32-31-,35-34-,38-37-. The van der Waals surface area contributed by atoms with Crippen molar-refractivity contribution in [1.29, 1.82) is 0 Å². The molecule has 92 heavy (non-hydrogen) atoms. The predicted octanol–water partition coefficient (Wildman–Crippen LogP) is 15.9. The van der Waals surface area contributed by atoms with Crippen LogP contribution in [0.5, 0.6) is 0 Å². The Morgan fingerprint density at radius 1 is 0.402 bits per heavy atom. The molecular weight excluding hydrogens is 1160 g/mol. The second kappa shape index (κ2) is 61.3. The number of nitrogens with one attached hydrogen (secondary N) is 1. The molecule has 0 aliphatic carbocycles. The quantitative estimate of drug-likeness (QED) is 0.0204. The number of carbonyl (C=O) groups excluding carboxylic acids is 1. The molecule has 0 aromatic heterocycles. The molecule has 0 saturated carbocycles. The van der Waals surface area contributed by atoms with E-state index < -0.39 is 86.8 Å². The summed E-state index contributed by atoms with van der Waals surface area (Å²) in [6.45, 7) is 2.76. The summed E-state index contributed by atoms with van der Waals surface area (Å²) < 4.78 is 22.9. The Morgan fingerprint density at radius 3 is 1.15 bits per heavy atom. The number of ether oxygens (including phenoxy) is 4. The predicted molar refractivity (Wildman–Crippen MR) is 378 cm³/mol. The average Bonchev–Trinajstić information content (AvgIpc) is 0.856. The Bertz CT molecular complexity index is 1960. The van der Waals surface area contributed by atoms with E-state index in [1.54, 1.807) is 0 Å². The largest absolute Gasteiger partial charge is 0.394 e. The molecule has 0 aromatic rings. The zero-order valence-corrected chi connectivity index (χ0v) is 57.8. The van der Waals surface area contributed by atoms with Crippen molar-refractivity contribution < 1.29 is 64.6 Å². The Hall–Kier alpha value is -3.35. The number of aliphatic hydroxyl groups is 8. The van der Waals surface area contributed by atoms with Crippen LogP contribution in [0, 0.1) is 0 Å². The third-order valence-corrected chi connectivity index (χ3v) is 17.5. The monoisotopic (exact) mass is 1290 g/mol. The van der Waals surface area contributed by atoms with E-state index in [2.05, 4.69) is 129 Å². The van der Waals surface area contributed by atoms with Gasteiger partial charge in [0.1, 0.15) is 48.8 Å². The summed E-state index contributed by atoms with van der Waals surface area (Å²) in [5, 5.41) is 87.6. The summed E-state index contributed by atoms with van der Waals surface area (Å²) in [6, 6.07) is -0.835. The van der Waals surface area contributed by atoms with E-state index >= 15 is 0 Å². The lowest BCUT2D eigenvalue weighted by atomic mass is 9.97. The highest BCUT2D eigenvalue weighted by Gasteiger charge is 2.51. The van der Waals surface area contributed by atoms with Crippen LogP contribution in [0.4, 0.5) is 0 Å². The summed E-state index contributed by atoms with van der Waals surface area (Å²) in [5.41, 5.74) is 0. The van der Waals surface area contributed by atoms with Crippen molar-refractivity contribution in [2.45, 2.75) is 357 Å². The first-order valence-electron chi connectivity index (χ1n) is 37.1. The molecule has 2 aliphatic heterocycles. The second-order valence-electron chi connectivity index (χ2n) is 25.7. The molecule has 530 valence electrons. The van der Waals surface area contributed by atoms with E-state index in [0.29, 0.717) is 12.8 Å². The van der Waals surface area contributed by atoms with Gasteiger partial charge in [-0.05, 0) is 83.5 Å². The average molecular weight is 1290 g/mol. The maximum atomic E-state index is 13.4. The molecule has 0 spiro atoms. The number of unbranched alkanes of at least 4 members (excludes halogenated alkanes) is 29. The maximum Gasteiger partial charge on any atom is 0.220 e. The van der Waals surface area contributed by atoms with Crippen molar-refractivity contribution in [2.75, 3.05) is 19.8 Å². The Morgan fingerprint density at radius 2 is 0.750 bits per heavy atom. The van der Waals surface area contributed by atoms with Crippen molar-refractivity contribution in [1.82, 2.24) is 5.32 Å². The fourth-order valence-corrected chi connectivity index (χ4v) is 11.6. The fraction of sp³-hybridized carbons (Fsp3) is 0.756. The van der Waals surface area contributed by atoms with Gasteiger partial charge in [-0.3, -0.25) is 4.79 Å². The van der Waals surface area contributed by atoms with Gasteiger partial charge < -0.3 is 65.1 Å². The van der Waals surface area contributed by atoms with Gasteiger partial charge in [-0.15, -0.1) is 0 Å². The van der Waals surface area contributed by atoms with Crippen molar-refractivity contribution in [2.24, 2.45) is 0 Å². The first kappa shape index (κ1) is 84.7. The minimum absolute atomic E-state index is 0.209. The lowest BCUT2D eigenvalue weighted by molar-refractivity contribution is -0.359. The van der Waals surface area contributed by atoms with Gasteiger partial charge >= 0.3 is 0 Å². The molecule has 2 fully saturated rings. The first-order valence-corrected chi connectivity index (χ1v) is 37.1. The van der Waals surface area contributed by atoms with Gasteiger partial charge in [0, 0.05) is 6.42 Å². The number of hydrogen-bond acceptors (Lipinski definition) is 13. The van der Waals surface area contributed by atoms with Crippen LogP contribution in [0.25, 0.3) is 0 Å². The number of aliphatic hydroxyl groups excluding tert-OH is 8. The van der Waals surface area contributed by atoms with Gasteiger partial charge in [0.25, 0.3) is 0 Å². The van der Waals surface area contributed by atoms with Gasteiger partial charge in [-0.25, -0.2) is 0 Å². The molecule has 2 saturated heterocycles. The molecule has 2 heterocycles. The molecule has 0 aromatic carbocycles. The lowest BCUT2D eigenvalue weighted by Gasteiger charge is -2.46. The smallest absolute Gasteiger partial charge is 0.220 e. The first-order chi connectivity index (χ1) is 45.1. The van der Waals surface area contributed by atoms with Crippen LogP contribution in [-0.2, 0) is 23.7 Å². The minimum Gasteiger partial charge on any atom is -0.394 e. The highest BCUT2D eigenvalue weighted by atomic mass is 16.7. The highest BCUT2D eigenvalue weighted by Crippen LogP contribution is 2.30. The van der Waals surface area contributed by atoms with E-state index in [0.717, 1.165) is 116 Å². The molecule has 12 atom stereocenters. The van der Waals surface area contributed by atoms with Crippen LogP contribution in [0.15, 0.2) is 109 Å². The lowest BCUT2D eigenvalue weighted by Crippen LogP contribution is -2.65. The zero-order chi connectivity index (χ0) is 66.6. The molecule has 9 N–H and O–H groups in total. The van der Waals surface area contributed by atoms with Crippen molar-refractivity contribution in [3.05, 3.63) is 109 Å². The van der Waals surface area contributed by atoms with Gasteiger partial charge in [0.05, 0.1) is 32.0 Å². The number of allylic oxidation sites excluding steroid dienone is 18. The summed E-state index contributed by atoms with van der Waals surface area (Å²) in [7, 11) is 0. The SMILES string of the molecule is CC/C=C\C/C=C\C/C=C\C/C=C\C/C=C\C/C=C\C/C=C\C/C=C\C/C=C\CCCCCCCCCCCCCCCC(=O)NC(COC1OC(CO)C(OC2OC(CO)C(O)C(O)C2O)C(O)C1O)C(O)CCCCCCCCCCCCCCCCCCC. The van der Waals surface area contributed by atoms with Crippen LogP contribution in [0.1, 0.15) is 284 Å². The number of amides is 1. The van der Waals surface area contributed by atoms with Crippen LogP contribution in [0.2, 0.25) is 0 Å². The van der Waals surface area contributed by atoms with E-state index in [9.17, 15) is 45.6 Å². The Kier molecular flexibility index (Phi) is 56.4. The normalized spacial score (nSPS) is 23.3. The molecule has 0 radical (unpaired) electrons. The molecule has 2 rings (SSSR count). The van der Waals surface area contributed by atoms with Crippen molar-refractivity contribution in [3.8, 4) is 0 Å². The van der Waals surface area contributed by atoms with E-state index in [1.807, 2.05) is 0 Å². The van der Waals surface area contributed by atoms with Gasteiger partial charge in [0.15, 0.2) is 12.6 Å². The van der Waals surface area contributed by atoms with Gasteiger partial charge in [-0.1, -0.05) is 303 Å². The highest BCUT2D eigenvalue weighted by molar-refractivity contribution is 5.76. The molecular formula is C78H135NO13. The van der Waals surface area contributed by atoms with E-state index in [1.165, 1.54) is 141 Å². The van der Waals surface area contributed by atoms with E-state index in [4.69, 9.17) is 18.9 Å². The molecule has 12 unspecified atom stereocenters. The molecule has 1 amide bonds. The van der Waals surface area contributed by atoms with Crippen LogP contribution in [0.3, 0.4) is 0 Å². The summed E-state index contributed by atoms with van der Waals surface area (Å²) in [5.74, 6) is -0.209. The zero-order valence-electron chi connectivity index (χ0n) is 57.8.